The normalized spacial score (nSPS) is 19.4. The highest BCUT2D eigenvalue weighted by Crippen LogP contribution is 2.26. The van der Waals surface area contributed by atoms with E-state index in [0.717, 1.165) is 77.0 Å². The maximum absolute atomic E-state index is 13.4. The number of rotatable bonds is 54. The average Bonchev–Trinajstić information content (AvgIpc) is 3.42. The van der Waals surface area contributed by atoms with E-state index in [0.29, 0.717) is 12.8 Å². The van der Waals surface area contributed by atoms with Crippen molar-refractivity contribution in [2.24, 2.45) is 0 Å². The van der Waals surface area contributed by atoms with Crippen molar-refractivity contribution in [3.8, 4) is 0 Å². The van der Waals surface area contributed by atoms with Crippen molar-refractivity contribution in [3.63, 3.8) is 0 Å². The fourth-order valence-electron chi connectivity index (χ4n) is 9.96. The molecule has 0 aromatic heterocycles. The van der Waals surface area contributed by atoms with E-state index in [2.05, 4.69) is 62.5 Å². The second-order valence-electron chi connectivity index (χ2n) is 22.1. The quantitative estimate of drug-likeness (QED) is 0.0195. The van der Waals surface area contributed by atoms with Gasteiger partial charge >= 0.3 is 5.97 Å². The minimum Gasteiger partial charge on any atom is -0.454 e. The monoisotopic (exact) mass is 1070 g/mol. The van der Waals surface area contributed by atoms with Crippen molar-refractivity contribution in [3.05, 3.63) is 48.6 Å². The summed E-state index contributed by atoms with van der Waals surface area (Å²) in [6.07, 6.45) is 54.6. The number of unbranched alkanes of at least 4 members (excludes halogenated alkanes) is 34. The highest BCUT2D eigenvalue weighted by molar-refractivity contribution is 5.80. The van der Waals surface area contributed by atoms with Crippen molar-refractivity contribution in [2.75, 3.05) is 13.2 Å². The van der Waals surface area contributed by atoms with E-state index in [1.807, 2.05) is 6.08 Å². The number of carbonyl (C=O) groups is 2. The van der Waals surface area contributed by atoms with Gasteiger partial charge in [0.05, 0.1) is 25.4 Å². The molecule has 1 aliphatic heterocycles. The maximum Gasteiger partial charge on any atom is 0.306 e. The third-order valence-corrected chi connectivity index (χ3v) is 15.0. The van der Waals surface area contributed by atoms with Crippen LogP contribution in [0.25, 0.3) is 0 Å². The molecule has 1 saturated heterocycles. The summed E-state index contributed by atoms with van der Waals surface area (Å²) in [5.41, 5.74) is 0. The van der Waals surface area contributed by atoms with E-state index in [9.17, 15) is 35.1 Å². The first-order chi connectivity index (χ1) is 37.2. The van der Waals surface area contributed by atoms with Gasteiger partial charge in [-0.05, 0) is 57.8 Å². The molecule has 0 aromatic rings. The molecule has 0 aromatic carbocycles. The molecule has 0 aliphatic carbocycles. The van der Waals surface area contributed by atoms with Crippen molar-refractivity contribution in [1.82, 2.24) is 5.32 Å². The van der Waals surface area contributed by atoms with Crippen molar-refractivity contribution in [1.29, 1.82) is 0 Å². The highest BCUT2D eigenvalue weighted by Gasteiger charge is 2.47. The number of nitrogens with one attached hydrogen (secondary N) is 1. The summed E-state index contributed by atoms with van der Waals surface area (Å²) < 4.78 is 17.6. The molecule has 76 heavy (non-hydrogen) atoms. The molecule has 0 bridgehead atoms. The Hall–Kier alpha value is -2.38. The molecule has 0 spiro atoms. The molecule has 1 fully saturated rings. The summed E-state index contributed by atoms with van der Waals surface area (Å²) in [5, 5.41) is 56.9. The van der Waals surface area contributed by atoms with Gasteiger partial charge in [0, 0.05) is 6.42 Å². The number of amides is 1. The van der Waals surface area contributed by atoms with Crippen LogP contribution in [0.5, 0.6) is 0 Å². The van der Waals surface area contributed by atoms with Gasteiger partial charge < -0.3 is 45.1 Å². The molecule has 11 heteroatoms. The van der Waals surface area contributed by atoms with Crippen LogP contribution in [-0.2, 0) is 23.8 Å². The van der Waals surface area contributed by atoms with Gasteiger partial charge in [-0.3, -0.25) is 9.59 Å². The lowest BCUT2D eigenvalue weighted by Crippen LogP contribution is -2.61. The standard InChI is InChI=1S/C65H119NO10/c1-4-7-10-13-16-19-22-24-25-26-27-28-29-30-31-32-33-35-38-41-44-47-50-53-60(70)76-63-62(72)61(71)59(54-67)75-65(63)74-55-56(57(68)51-48-45-42-39-36-21-18-15-12-9-6-3)66-64(73)58(69)52-49-46-43-40-37-34-23-20-17-14-11-8-5-2/h8,11,17,20,34,37,48,51,56-59,61-63,65,67-69,71-72H,4-7,9-10,12-16,18-19,21-33,35-36,38-47,49-50,52-55H2,1-3H3,(H,66,73)/b11-8+,20-17+,37-34+,51-48+. The number of aliphatic hydroxyl groups excluding tert-OH is 5. The van der Waals surface area contributed by atoms with Crippen LogP contribution >= 0.6 is 0 Å². The zero-order valence-corrected chi connectivity index (χ0v) is 49.1. The number of hydrogen-bond acceptors (Lipinski definition) is 10. The minimum atomic E-state index is -1.62. The summed E-state index contributed by atoms with van der Waals surface area (Å²) in [5.74, 6) is -1.21. The zero-order valence-electron chi connectivity index (χ0n) is 49.1. The molecule has 8 atom stereocenters. The first-order valence-electron chi connectivity index (χ1n) is 31.9. The zero-order chi connectivity index (χ0) is 55.4. The fraction of sp³-hybridized carbons (Fsp3) is 0.846. The van der Waals surface area contributed by atoms with E-state index in [4.69, 9.17) is 14.2 Å². The van der Waals surface area contributed by atoms with Crippen LogP contribution in [0, 0.1) is 0 Å². The number of esters is 1. The Morgan fingerprint density at radius 3 is 1.42 bits per heavy atom. The van der Waals surface area contributed by atoms with Crippen LogP contribution in [0.15, 0.2) is 48.6 Å². The van der Waals surface area contributed by atoms with Crippen molar-refractivity contribution in [2.45, 2.75) is 339 Å². The fourth-order valence-corrected chi connectivity index (χ4v) is 9.96. The Morgan fingerprint density at radius 2 is 0.947 bits per heavy atom. The molecule has 0 radical (unpaired) electrons. The molecule has 11 nitrogen and oxygen atoms in total. The SMILES string of the molecule is CC/C=C/C/C=C/C/C=C/CCCCCC(O)C(=O)NC(COC1OC(CO)C(O)C(O)C1OC(=O)CCCCCCCCCCCCCCCCCCCCCCCCC)C(O)/C=C/CCCCCCCCCCC. The van der Waals surface area contributed by atoms with Crippen LogP contribution in [0.1, 0.15) is 290 Å². The van der Waals surface area contributed by atoms with Gasteiger partial charge in [-0.1, -0.05) is 275 Å². The molecule has 6 N–H and O–H groups in total. The molecular weight excluding hydrogens is 955 g/mol. The molecule has 0 saturated carbocycles. The summed E-state index contributed by atoms with van der Waals surface area (Å²) in [6, 6.07) is -1.03. The van der Waals surface area contributed by atoms with Gasteiger partial charge in [0.2, 0.25) is 5.91 Å². The van der Waals surface area contributed by atoms with Crippen LogP contribution in [0.3, 0.4) is 0 Å². The first-order valence-corrected chi connectivity index (χ1v) is 31.9. The molecule has 1 aliphatic rings. The first kappa shape index (κ1) is 71.6. The predicted molar refractivity (Wildman–Crippen MR) is 315 cm³/mol. The van der Waals surface area contributed by atoms with Gasteiger partial charge in [-0.25, -0.2) is 0 Å². The van der Waals surface area contributed by atoms with Gasteiger partial charge in [0.25, 0.3) is 0 Å². The van der Waals surface area contributed by atoms with Crippen molar-refractivity contribution < 1.29 is 49.3 Å². The van der Waals surface area contributed by atoms with E-state index in [1.165, 1.54) is 167 Å². The van der Waals surface area contributed by atoms with Crippen LogP contribution < -0.4 is 5.32 Å². The smallest absolute Gasteiger partial charge is 0.306 e. The van der Waals surface area contributed by atoms with E-state index in [1.54, 1.807) is 6.08 Å². The van der Waals surface area contributed by atoms with E-state index in [-0.39, 0.29) is 19.4 Å². The van der Waals surface area contributed by atoms with Crippen LogP contribution in [-0.4, -0.2) is 99.6 Å². The lowest BCUT2D eigenvalue weighted by atomic mass is 9.99. The summed E-state index contributed by atoms with van der Waals surface area (Å²) in [7, 11) is 0. The molecular formula is C65H119NO10. The summed E-state index contributed by atoms with van der Waals surface area (Å²) >= 11 is 0. The summed E-state index contributed by atoms with van der Waals surface area (Å²) in [4.78, 5) is 26.5. The Labute approximate surface area is 466 Å². The summed E-state index contributed by atoms with van der Waals surface area (Å²) in [6.45, 7) is 5.67. The Morgan fingerprint density at radius 1 is 0.526 bits per heavy atom. The molecule has 1 amide bonds. The van der Waals surface area contributed by atoms with Gasteiger partial charge in [0.15, 0.2) is 12.4 Å². The molecule has 1 heterocycles. The minimum absolute atomic E-state index is 0.124. The third-order valence-electron chi connectivity index (χ3n) is 15.0. The van der Waals surface area contributed by atoms with Crippen LogP contribution in [0.4, 0.5) is 0 Å². The van der Waals surface area contributed by atoms with E-state index >= 15 is 0 Å². The highest BCUT2D eigenvalue weighted by atomic mass is 16.7. The lowest BCUT2D eigenvalue weighted by molar-refractivity contribution is -0.305. The number of ether oxygens (including phenoxy) is 3. The van der Waals surface area contributed by atoms with Crippen LogP contribution in [0.2, 0.25) is 0 Å². The molecule has 444 valence electrons. The van der Waals surface area contributed by atoms with E-state index < -0.39 is 67.4 Å². The Bertz CT molecular complexity index is 1420. The second-order valence-corrected chi connectivity index (χ2v) is 22.1. The van der Waals surface area contributed by atoms with Crippen molar-refractivity contribution >= 4 is 11.9 Å². The van der Waals surface area contributed by atoms with Gasteiger partial charge in [0.1, 0.15) is 24.4 Å². The largest absolute Gasteiger partial charge is 0.454 e. The lowest BCUT2D eigenvalue weighted by Gasteiger charge is -2.41. The second kappa shape index (κ2) is 53.3. The van der Waals surface area contributed by atoms with Gasteiger partial charge in [-0.2, -0.15) is 0 Å². The number of allylic oxidation sites excluding steroid dienone is 7. The Balaban J connectivity index is 2.59. The average molecular weight is 1070 g/mol. The van der Waals surface area contributed by atoms with Gasteiger partial charge in [-0.15, -0.1) is 0 Å². The third kappa shape index (κ3) is 40.8. The maximum atomic E-state index is 13.4. The molecule has 1 rings (SSSR count). The Kier molecular flexibility index (Phi) is 50.2. The topological polar surface area (TPSA) is 175 Å². The predicted octanol–water partition coefficient (Wildman–Crippen LogP) is 15.2. The number of carbonyl (C=O) groups excluding carboxylic acids is 2. The molecule has 8 unspecified atom stereocenters. The number of hydrogen-bond donors (Lipinski definition) is 6. The number of aliphatic hydroxyl groups is 5.